The highest BCUT2D eigenvalue weighted by molar-refractivity contribution is 5.85. The number of anilines is 2. The molecule has 5 nitrogen and oxygen atoms in total. The molecule has 2 aromatic rings. The van der Waals surface area contributed by atoms with Gasteiger partial charge in [-0.3, -0.25) is 10.1 Å². The second-order valence-electron chi connectivity index (χ2n) is 7.43. The average Bonchev–Trinajstić information content (AvgIpc) is 2.53. The molecule has 2 aromatic carbocycles. The molecule has 0 aliphatic heterocycles. The first-order valence-corrected chi connectivity index (χ1v) is 8.65. The molecule has 0 heterocycles. The maximum Gasteiger partial charge on any atom is 0.412 e. The van der Waals surface area contributed by atoms with Crippen molar-refractivity contribution in [2.75, 3.05) is 17.3 Å². The van der Waals surface area contributed by atoms with Gasteiger partial charge in [0.2, 0.25) is 0 Å². The summed E-state index contributed by atoms with van der Waals surface area (Å²) in [5.41, 5.74) is 1.89. The second kappa shape index (κ2) is 8.20. The van der Waals surface area contributed by atoms with Crippen molar-refractivity contribution in [3.8, 4) is 0 Å². The number of benzene rings is 2. The Labute approximate surface area is 159 Å². The molecule has 0 unspecified atom stereocenters. The van der Waals surface area contributed by atoms with Crippen LogP contribution in [-0.4, -0.2) is 25.0 Å². The Kier molecular flexibility index (Phi) is 6.20. The summed E-state index contributed by atoms with van der Waals surface area (Å²) >= 11 is 0. The van der Waals surface area contributed by atoms with Crippen LogP contribution in [0.25, 0.3) is 0 Å². The summed E-state index contributed by atoms with van der Waals surface area (Å²) in [5, 5.41) is 2.69. The van der Waals surface area contributed by atoms with Crippen LogP contribution in [0.15, 0.2) is 36.4 Å². The number of hydrogen-bond acceptors (Lipinski definition) is 4. The third-order valence-electron chi connectivity index (χ3n) is 3.90. The van der Waals surface area contributed by atoms with E-state index in [-0.39, 0.29) is 5.56 Å². The SMILES string of the molecule is Cc1ccc(N(C)Cc2cccc(NC(=O)OC(C)(C)C)c2)c(F)c1C=O. The Hall–Kier alpha value is -2.89. The van der Waals surface area contributed by atoms with E-state index in [4.69, 9.17) is 4.74 Å². The Morgan fingerprint density at radius 3 is 2.59 bits per heavy atom. The van der Waals surface area contributed by atoms with E-state index in [0.29, 0.717) is 29.8 Å². The van der Waals surface area contributed by atoms with E-state index in [9.17, 15) is 14.0 Å². The van der Waals surface area contributed by atoms with Crippen LogP contribution < -0.4 is 10.2 Å². The van der Waals surface area contributed by atoms with Gasteiger partial charge in [0, 0.05) is 19.3 Å². The van der Waals surface area contributed by atoms with Crippen LogP contribution in [0.5, 0.6) is 0 Å². The fourth-order valence-corrected chi connectivity index (χ4v) is 2.65. The predicted octanol–water partition coefficient (Wildman–Crippen LogP) is 4.93. The molecule has 0 radical (unpaired) electrons. The van der Waals surface area contributed by atoms with Crippen molar-refractivity contribution in [2.45, 2.75) is 39.8 Å². The van der Waals surface area contributed by atoms with Crippen LogP contribution in [0.3, 0.4) is 0 Å². The van der Waals surface area contributed by atoms with Crippen LogP contribution in [-0.2, 0) is 11.3 Å². The third-order valence-corrected chi connectivity index (χ3v) is 3.90. The number of aryl methyl sites for hydroxylation is 1. The van der Waals surface area contributed by atoms with Gasteiger partial charge in [-0.15, -0.1) is 0 Å². The lowest BCUT2D eigenvalue weighted by atomic mass is 10.1. The smallest absolute Gasteiger partial charge is 0.412 e. The minimum absolute atomic E-state index is 0.0692. The topological polar surface area (TPSA) is 58.6 Å². The van der Waals surface area contributed by atoms with Gasteiger partial charge in [0.15, 0.2) is 12.1 Å². The maximum absolute atomic E-state index is 14.5. The van der Waals surface area contributed by atoms with Crippen molar-refractivity contribution < 1.29 is 18.7 Å². The minimum Gasteiger partial charge on any atom is -0.444 e. The lowest BCUT2D eigenvalue weighted by molar-refractivity contribution is 0.0636. The summed E-state index contributed by atoms with van der Waals surface area (Å²) < 4.78 is 19.8. The van der Waals surface area contributed by atoms with Crippen molar-refractivity contribution >= 4 is 23.8 Å². The van der Waals surface area contributed by atoms with Crippen LogP contribution in [0.1, 0.15) is 42.3 Å². The van der Waals surface area contributed by atoms with Gasteiger partial charge in [-0.1, -0.05) is 18.2 Å². The zero-order valence-electron chi connectivity index (χ0n) is 16.3. The van der Waals surface area contributed by atoms with Gasteiger partial charge in [0.05, 0.1) is 11.3 Å². The molecular weight excluding hydrogens is 347 g/mol. The summed E-state index contributed by atoms with van der Waals surface area (Å²) in [7, 11) is 1.75. The summed E-state index contributed by atoms with van der Waals surface area (Å²) in [5.74, 6) is -0.532. The van der Waals surface area contributed by atoms with Crippen molar-refractivity contribution in [3.05, 3.63) is 58.9 Å². The van der Waals surface area contributed by atoms with E-state index in [2.05, 4.69) is 5.32 Å². The number of carbonyl (C=O) groups is 2. The molecule has 0 atom stereocenters. The molecule has 0 saturated carbocycles. The number of nitrogens with zero attached hydrogens (tertiary/aromatic N) is 1. The maximum atomic E-state index is 14.5. The number of ether oxygens (including phenoxy) is 1. The van der Waals surface area contributed by atoms with Crippen molar-refractivity contribution in [1.29, 1.82) is 0 Å². The standard InChI is InChI=1S/C21H25FN2O3/c1-14-9-10-18(19(22)17(14)13-25)24(5)12-15-7-6-8-16(11-15)23-20(26)27-21(2,3)4/h6-11,13H,12H2,1-5H3,(H,23,26). The largest absolute Gasteiger partial charge is 0.444 e. The second-order valence-corrected chi connectivity index (χ2v) is 7.43. The first kappa shape index (κ1) is 20.4. The molecule has 0 aliphatic carbocycles. The van der Waals surface area contributed by atoms with Crippen LogP contribution in [0.4, 0.5) is 20.6 Å². The molecule has 1 N–H and O–H groups in total. The van der Waals surface area contributed by atoms with E-state index >= 15 is 0 Å². The Morgan fingerprint density at radius 1 is 1.26 bits per heavy atom. The number of carbonyl (C=O) groups excluding carboxylic acids is 2. The molecule has 0 aliphatic rings. The van der Waals surface area contributed by atoms with E-state index in [1.165, 1.54) is 0 Å². The molecule has 0 spiro atoms. The van der Waals surface area contributed by atoms with Crippen molar-refractivity contribution in [2.24, 2.45) is 0 Å². The monoisotopic (exact) mass is 372 g/mol. The molecule has 2 rings (SSSR count). The average molecular weight is 372 g/mol. The van der Waals surface area contributed by atoms with Gasteiger partial charge in [0.1, 0.15) is 5.60 Å². The Morgan fingerprint density at radius 2 is 1.96 bits per heavy atom. The van der Waals surface area contributed by atoms with E-state index in [1.54, 1.807) is 70.0 Å². The summed E-state index contributed by atoms with van der Waals surface area (Å²) in [6, 6.07) is 10.6. The number of rotatable bonds is 5. The fourth-order valence-electron chi connectivity index (χ4n) is 2.65. The molecule has 27 heavy (non-hydrogen) atoms. The van der Waals surface area contributed by atoms with Gasteiger partial charge in [0.25, 0.3) is 0 Å². The number of halogens is 1. The molecule has 0 bridgehead atoms. The quantitative estimate of drug-likeness (QED) is 0.756. The summed E-state index contributed by atoms with van der Waals surface area (Å²) in [6.45, 7) is 7.48. The fraction of sp³-hybridized carbons (Fsp3) is 0.333. The van der Waals surface area contributed by atoms with Crippen LogP contribution >= 0.6 is 0 Å². The van der Waals surface area contributed by atoms with Gasteiger partial charge < -0.3 is 9.64 Å². The first-order chi connectivity index (χ1) is 12.6. The van der Waals surface area contributed by atoms with Gasteiger partial charge in [-0.2, -0.15) is 0 Å². The highest BCUT2D eigenvalue weighted by Gasteiger charge is 2.17. The molecular formula is C21H25FN2O3. The molecule has 0 fully saturated rings. The summed E-state index contributed by atoms with van der Waals surface area (Å²) in [6.07, 6.45) is 0.00104. The number of amides is 1. The Balaban J connectivity index is 2.14. The normalized spacial score (nSPS) is 11.0. The molecule has 0 aromatic heterocycles. The number of hydrogen-bond donors (Lipinski definition) is 1. The highest BCUT2D eigenvalue weighted by Crippen LogP contribution is 2.25. The van der Waals surface area contributed by atoms with Crippen molar-refractivity contribution in [1.82, 2.24) is 0 Å². The van der Waals surface area contributed by atoms with Gasteiger partial charge in [-0.05, 0) is 57.0 Å². The molecule has 144 valence electrons. The van der Waals surface area contributed by atoms with Gasteiger partial charge >= 0.3 is 6.09 Å². The van der Waals surface area contributed by atoms with Gasteiger partial charge in [-0.25, -0.2) is 9.18 Å². The van der Waals surface area contributed by atoms with Crippen LogP contribution in [0, 0.1) is 12.7 Å². The molecule has 1 amide bonds. The van der Waals surface area contributed by atoms with E-state index in [1.807, 2.05) is 6.07 Å². The number of aldehydes is 1. The van der Waals surface area contributed by atoms with Crippen molar-refractivity contribution in [3.63, 3.8) is 0 Å². The van der Waals surface area contributed by atoms with E-state index in [0.717, 1.165) is 5.56 Å². The zero-order chi connectivity index (χ0) is 20.2. The molecule has 0 saturated heterocycles. The lowest BCUT2D eigenvalue weighted by Crippen LogP contribution is -2.27. The predicted molar refractivity (Wildman–Crippen MR) is 105 cm³/mol. The lowest BCUT2D eigenvalue weighted by Gasteiger charge is -2.22. The highest BCUT2D eigenvalue weighted by atomic mass is 19.1. The van der Waals surface area contributed by atoms with Crippen LogP contribution in [0.2, 0.25) is 0 Å². The first-order valence-electron chi connectivity index (χ1n) is 8.65. The number of nitrogens with one attached hydrogen (secondary N) is 1. The Bertz CT molecular complexity index is 844. The minimum atomic E-state index is -0.582. The summed E-state index contributed by atoms with van der Waals surface area (Å²) in [4.78, 5) is 24.7. The zero-order valence-corrected chi connectivity index (χ0v) is 16.3. The third kappa shape index (κ3) is 5.54. The van der Waals surface area contributed by atoms with E-state index < -0.39 is 17.5 Å². The molecule has 6 heteroatoms.